The van der Waals surface area contributed by atoms with Gasteiger partial charge in [0.05, 0.1) is 12.7 Å². The van der Waals surface area contributed by atoms with E-state index in [1.807, 2.05) is 24.3 Å². The van der Waals surface area contributed by atoms with Gasteiger partial charge < -0.3 is 9.64 Å². The van der Waals surface area contributed by atoms with Gasteiger partial charge in [0.1, 0.15) is 5.75 Å². The fourth-order valence-corrected chi connectivity index (χ4v) is 4.35. The highest BCUT2D eigenvalue weighted by molar-refractivity contribution is 9.10. The van der Waals surface area contributed by atoms with Crippen LogP contribution < -0.4 is 4.74 Å². The molecule has 0 spiro atoms. The third kappa shape index (κ3) is 4.19. The van der Waals surface area contributed by atoms with E-state index in [0.717, 1.165) is 36.6 Å². The molecule has 1 aliphatic heterocycles. The van der Waals surface area contributed by atoms with E-state index in [0.29, 0.717) is 11.3 Å². The Morgan fingerprint density at radius 2 is 1.93 bits per heavy atom. The zero-order valence-corrected chi connectivity index (χ0v) is 17.2. The molecule has 5 heteroatoms. The predicted octanol–water partition coefficient (Wildman–Crippen LogP) is 3.99. The number of hydrogen-bond acceptors (Lipinski definition) is 3. The number of hydrogen-bond donors (Lipinski definition) is 0. The van der Waals surface area contributed by atoms with Crippen LogP contribution in [0.15, 0.2) is 53.0 Å². The lowest BCUT2D eigenvalue weighted by Gasteiger charge is -2.42. The maximum Gasteiger partial charge on any atom is 0.255 e. The predicted molar refractivity (Wildman–Crippen MR) is 110 cm³/mol. The number of ether oxygens (including phenoxy) is 1. The van der Waals surface area contributed by atoms with Crippen molar-refractivity contribution in [3.8, 4) is 5.75 Å². The van der Waals surface area contributed by atoms with Crippen molar-refractivity contribution in [1.82, 2.24) is 9.80 Å². The zero-order valence-electron chi connectivity index (χ0n) is 15.6. The second-order valence-electron chi connectivity index (χ2n) is 7.41. The van der Waals surface area contributed by atoms with E-state index in [2.05, 4.69) is 50.0 Å². The number of amides is 1. The van der Waals surface area contributed by atoms with Crippen LogP contribution in [0.4, 0.5) is 0 Å². The van der Waals surface area contributed by atoms with Gasteiger partial charge in [-0.2, -0.15) is 0 Å². The summed E-state index contributed by atoms with van der Waals surface area (Å²) in [5, 5.41) is 0. The monoisotopic (exact) mass is 428 g/mol. The van der Waals surface area contributed by atoms with E-state index in [1.165, 1.54) is 18.4 Å². The average Bonchev–Trinajstić information content (AvgIpc) is 3.54. The number of rotatable bonds is 5. The van der Waals surface area contributed by atoms with Crippen molar-refractivity contribution >= 4 is 21.8 Å². The van der Waals surface area contributed by atoms with Gasteiger partial charge in [-0.05, 0) is 59.0 Å². The first-order valence-corrected chi connectivity index (χ1v) is 10.4. The molecule has 0 radical (unpaired) electrons. The number of benzene rings is 2. The van der Waals surface area contributed by atoms with E-state index in [1.54, 1.807) is 7.11 Å². The number of piperazine rings is 1. The molecule has 1 aliphatic carbocycles. The Balaban J connectivity index is 1.59. The minimum absolute atomic E-state index is 0.0807. The number of carbonyl (C=O) groups is 1. The highest BCUT2D eigenvalue weighted by Crippen LogP contribution is 2.31. The Hall–Kier alpha value is -1.85. The van der Waals surface area contributed by atoms with Crippen molar-refractivity contribution in [1.29, 1.82) is 0 Å². The Morgan fingerprint density at radius 3 is 2.63 bits per heavy atom. The van der Waals surface area contributed by atoms with E-state index < -0.39 is 0 Å². The Labute approximate surface area is 169 Å². The highest BCUT2D eigenvalue weighted by atomic mass is 79.9. The lowest BCUT2D eigenvalue weighted by atomic mass is 10.0. The summed E-state index contributed by atoms with van der Waals surface area (Å²) in [5.74, 6) is 0.787. The molecule has 142 valence electrons. The summed E-state index contributed by atoms with van der Waals surface area (Å²) in [6.45, 7) is 2.69. The number of methoxy groups -OCH3 is 1. The van der Waals surface area contributed by atoms with Crippen LogP contribution in [0.25, 0.3) is 0 Å². The lowest BCUT2D eigenvalue weighted by Crippen LogP contribution is -2.56. The fraction of sp³-hybridized carbons (Fsp3) is 0.409. The molecule has 2 fully saturated rings. The van der Waals surface area contributed by atoms with E-state index in [-0.39, 0.29) is 11.9 Å². The van der Waals surface area contributed by atoms with Gasteiger partial charge >= 0.3 is 0 Å². The van der Waals surface area contributed by atoms with Crippen LogP contribution in [0, 0.1) is 0 Å². The molecule has 1 unspecified atom stereocenters. The molecule has 1 atom stereocenters. The molecule has 1 saturated heterocycles. The summed E-state index contributed by atoms with van der Waals surface area (Å²) < 4.78 is 6.14. The normalized spacial score (nSPS) is 20.5. The first-order chi connectivity index (χ1) is 13.2. The molecular weight excluding hydrogens is 404 g/mol. The molecule has 2 aliphatic rings. The summed E-state index contributed by atoms with van der Waals surface area (Å²) >= 11 is 3.55. The summed E-state index contributed by atoms with van der Waals surface area (Å²) in [6.07, 6.45) is 3.48. The molecule has 2 aromatic rings. The summed E-state index contributed by atoms with van der Waals surface area (Å²) in [7, 11) is 1.63. The van der Waals surface area contributed by atoms with Gasteiger partial charge in [0, 0.05) is 36.2 Å². The minimum Gasteiger partial charge on any atom is -0.497 e. The van der Waals surface area contributed by atoms with Gasteiger partial charge in [-0.1, -0.05) is 30.3 Å². The van der Waals surface area contributed by atoms with E-state index >= 15 is 0 Å². The fourth-order valence-electron chi connectivity index (χ4n) is 3.93. The maximum absolute atomic E-state index is 13.4. The van der Waals surface area contributed by atoms with Crippen molar-refractivity contribution in [3.05, 3.63) is 64.1 Å². The SMILES string of the molecule is COc1ccc(Br)c(C(=O)N2CCN(C3CC3)CC2Cc2ccccc2)c1. The molecule has 1 heterocycles. The highest BCUT2D eigenvalue weighted by Gasteiger charge is 2.37. The first kappa shape index (κ1) is 18.5. The van der Waals surface area contributed by atoms with Gasteiger partial charge in [-0.3, -0.25) is 9.69 Å². The zero-order chi connectivity index (χ0) is 18.8. The third-order valence-electron chi connectivity index (χ3n) is 5.56. The second kappa shape index (κ2) is 8.03. The van der Waals surface area contributed by atoms with Gasteiger partial charge in [-0.25, -0.2) is 0 Å². The molecular formula is C22H25BrN2O2. The smallest absolute Gasteiger partial charge is 0.255 e. The standard InChI is InChI=1S/C22H25BrN2O2/c1-27-19-9-10-21(23)20(14-19)22(26)25-12-11-24(17-7-8-17)15-18(25)13-16-5-3-2-4-6-16/h2-6,9-10,14,17-18H,7-8,11-13,15H2,1H3. The van der Waals surface area contributed by atoms with Gasteiger partial charge in [0.25, 0.3) is 5.91 Å². The van der Waals surface area contributed by atoms with Crippen molar-refractivity contribution < 1.29 is 9.53 Å². The van der Waals surface area contributed by atoms with Crippen LogP contribution >= 0.6 is 15.9 Å². The molecule has 0 bridgehead atoms. The van der Waals surface area contributed by atoms with Crippen LogP contribution in [0.5, 0.6) is 5.75 Å². The average molecular weight is 429 g/mol. The molecule has 2 aromatic carbocycles. The topological polar surface area (TPSA) is 32.8 Å². The number of halogens is 1. The van der Waals surface area contributed by atoms with Gasteiger partial charge in [0.2, 0.25) is 0 Å². The minimum atomic E-state index is 0.0807. The first-order valence-electron chi connectivity index (χ1n) is 9.58. The maximum atomic E-state index is 13.4. The number of nitrogens with zero attached hydrogens (tertiary/aromatic N) is 2. The molecule has 27 heavy (non-hydrogen) atoms. The second-order valence-corrected chi connectivity index (χ2v) is 8.27. The molecule has 4 rings (SSSR count). The van der Waals surface area contributed by atoms with Gasteiger partial charge in [-0.15, -0.1) is 0 Å². The van der Waals surface area contributed by atoms with Crippen molar-refractivity contribution in [2.24, 2.45) is 0 Å². The van der Waals surface area contributed by atoms with Crippen LogP contribution in [-0.4, -0.2) is 54.5 Å². The lowest BCUT2D eigenvalue weighted by molar-refractivity contribution is 0.0436. The van der Waals surface area contributed by atoms with E-state index in [4.69, 9.17) is 4.74 Å². The molecule has 1 amide bonds. The van der Waals surface area contributed by atoms with Crippen LogP contribution in [-0.2, 0) is 6.42 Å². The van der Waals surface area contributed by atoms with Crippen LogP contribution in [0.1, 0.15) is 28.8 Å². The number of carbonyl (C=O) groups excluding carboxylic acids is 1. The largest absolute Gasteiger partial charge is 0.497 e. The van der Waals surface area contributed by atoms with Gasteiger partial charge in [0.15, 0.2) is 0 Å². The Morgan fingerprint density at radius 1 is 1.15 bits per heavy atom. The molecule has 1 saturated carbocycles. The molecule has 0 N–H and O–H groups in total. The summed E-state index contributed by atoms with van der Waals surface area (Å²) in [5.41, 5.74) is 1.95. The van der Waals surface area contributed by atoms with Crippen molar-refractivity contribution in [3.63, 3.8) is 0 Å². The Kier molecular flexibility index (Phi) is 5.50. The molecule has 4 nitrogen and oxygen atoms in total. The summed E-state index contributed by atoms with van der Waals surface area (Å²) in [4.78, 5) is 18.0. The quantitative estimate of drug-likeness (QED) is 0.721. The van der Waals surface area contributed by atoms with Crippen LogP contribution in [0.2, 0.25) is 0 Å². The Bertz CT molecular complexity index is 807. The molecule has 0 aromatic heterocycles. The third-order valence-corrected chi connectivity index (χ3v) is 6.25. The summed E-state index contributed by atoms with van der Waals surface area (Å²) in [6, 6.07) is 17.0. The van der Waals surface area contributed by atoms with Crippen LogP contribution in [0.3, 0.4) is 0 Å². The van der Waals surface area contributed by atoms with Crippen molar-refractivity contribution in [2.45, 2.75) is 31.3 Å². The van der Waals surface area contributed by atoms with Crippen molar-refractivity contribution in [2.75, 3.05) is 26.7 Å². The van der Waals surface area contributed by atoms with E-state index in [9.17, 15) is 4.79 Å².